The van der Waals surface area contributed by atoms with Crippen molar-refractivity contribution in [1.29, 1.82) is 0 Å². The van der Waals surface area contributed by atoms with Gasteiger partial charge < -0.3 is 14.6 Å². The number of rotatable bonds is 6. The van der Waals surface area contributed by atoms with Crippen molar-refractivity contribution in [2.45, 2.75) is 41.5 Å². The van der Waals surface area contributed by atoms with Crippen LogP contribution in [0.2, 0.25) is 0 Å². The number of hydrogen-bond acceptors (Lipinski definition) is 4. The minimum absolute atomic E-state index is 0.137. The molecule has 2 aliphatic carbocycles. The molecule has 2 aliphatic heterocycles. The number of fused-ring (bicyclic) bond motifs is 3. The molecule has 0 bridgehead atoms. The Labute approximate surface area is 231 Å². The van der Waals surface area contributed by atoms with Crippen LogP contribution < -0.4 is 10.7 Å². The lowest BCUT2D eigenvalue weighted by atomic mass is 9.89. The number of amides is 1. The summed E-state index contributed by atoms with van der Waals surface area (Å²) < 4.78 is 6.55. The fourth-order valence-corrected chi connectivity index (χ4v) is 6.99. The van der Waals surface area contributed by atoms with Crippen LogP contribution in [0.15, 0.2) is 57.9 Å². The van der Waals surface area contributed by atoms with Crippen molar-refractivity contribution in [2.24, 2.45) is 28.7 Å². The summed E-state index contributed by atoms with van der Waals surface area (Å²) in [6, 6.07) is 16.6. The van der Waals surface area contributed by atoms with E-state index in [4.69, 9.17) is 9.41 Å². The Morgan fingerprint density at radius 3 is 2.46 bits per heavy atom. The Hall–Kier alpha value is -3.60. The fourth-order valence-electron chi connectivity index (χ4n) is 6.99. The molecule has 1 saturated carbocycles. The second-order valence-electron chi connectivity index (χ2n) is 11.7. The maximum atomic E-state index is 14.0. The maximum absolute atomic E-state index is 14.0. The van der Waals surface area contributed by atoms with E-state index in [0.717, 1.165) is 86.7 Å². The molecule has 5 heteroatoms. The molecule has 1 saturated heterocycles. The predicted molar refractivity (Wildman–Crippen MR) is 159 cm³/mol. The van der Waals surface area contributed by atoms with Gasteiger partial charge in [-0.15, -0.1) is 0 Å². The summed E-state index contributed by atoms with van der Waals surface area (Å²) in [4.78, 5) is 20.8. The zero-order valence-corrected chi connectivity index (χ0v) is 24.0. The first-order chi connectivity index (χ1) is 18.8. The lowest BCUT2D eigenvalue weighted by molar-refractivity contribution is 0.0764. The van der Waals surface area contributed by atoms with Crippen LogP contribution in [0.5, 0.6) is 0 Å². The van der Waals surface area contributed by atoms with Crippen LogP contribution in [-0.2, 0) is 0 Å². The van der Waals surface area contributed by atoms with E-state index in [1.165, 1.54) is 0 Å². The summed E-state index contributed by atoms with van der Waals surface area (Å²) in [6.07, 6.45) is 0. The number of aryl methyl sites for hydroxylation is 2. The molecular formula is C34H39N3O2. The van der Waals surface area contributed by atoms with Gasteiger partial charge in [0.2, 0.25) is 0 Å². The summed E-state index contributed by atoms with van der Waals surface area (Å²) in [5.41, 5.74) is 7.90. The van der Waals surface area contributed by atoms with Gasteiger partial charge in [0.05, 0.1) is 5.36 Å². The molecule has 0 spiro atoms. The summed E-state index contributed by atoms with van der Waals surface area (Å²) in [6.45, 7) is 16.3. The van der Waals surface area contributed by atoms with Crippen molar-refractivity contribution in [2.75, 3.05) is 31.5 Å². The third-order valence-corrected chi connectivity index (χ3v) is 8.82. The SMILES string of the molecule is CCN=c1cc2oc3cc(NCC)c(C)cc3c(-c3ccccc3C(=O)N3CC4C(C3)C4C(C)C)c-2cc1C. The molecular weight excluding hydrogens is 482 g/mol. The van der Waals surface area contributed by atoms with Gasteiger partial charge in [-0.05, 0) is 86.3 Å². The van der Waals surface area contributed by atoms with Gasteiger partial charge >= 0.3 is 0 Å². The smallest absolute Gasteiger partial charge is 0.254 e. The highest BCUT2D eigenvalue weighted by molar-refractivity contribution is 6.09. The average Bonchev–Trinajstić information content (AvgIpc) is 3.43. The maximum Gasteiger partial charge on any atom is 0.254 e. The van der Waals surface area contributed by atoms with E-state index < -0.39 is 0 Å². The number of carbonyl (C=O) groups excluding carboxylic acids is 1. The van der Waals surface area contributed by atoms with Crippen molar-refractivity contribution in [3.8, 4) is 22.5 Å². The lowest BCUT2D eigenvalue weighted by Crippen LogP contribution is -2.32. The second kappa shape index (κ2) is 9.86. The molecule has 2 aromatic rings. The van der Waals surface area contributed by atoms with Crippen molar-refractivity contribution < 1.29 is 9.21 Å². The minimum Gasteiger partial charge on any atom is -0.456 e. The highest BCUT2D eigenvalue weighted by atomic mass is 16.3. The van der Waals surface area contributed by atoms with Gasteiger partial charge in [-0.3, -0.25) is 9.79 Å². The molecule has 2 fully saturated rings. The summed E-state index contributed by atoms with van der Waals surface area (Å²) in [5.74, 6) is 3.71. The van der Waals surface area contributed by atoms with E-state index in [9.17, 15) is 4.79 Å². The van der Waals surface area contributed by atoms with E-state index in [1.54, 1.807) is 0 Å². The van der Waals surface area contributed by atoms with Gasteiger partial charge in [0.25, 0.3) is 5.91 Å². The molecule has 5 nitrogen and oxygen atoms in total. The Bertz CT molecular complexity index is 1600. The standard InChI is InChI=1S/C34H39N3O2/c1-7-35-28-15-30-24(13-20(28)5)33(25-14-21(6)29(36-8-2)16-31(25)39-30)22-11-9-10-12-23(22)34(38)37-17-26-27(18-37)32(26)19(3)4/h9-16,19,26-27,32,35H,7-8,17-18H2,1-6H3. The lowest BCUT2D eigenvalue weighted by Gasteiger charge is -2.24. The largest absolute Gasteiger partial charge is 0.456 e. The molecule has 2 unspecified atom stereocenters. The molecule has 0 radical (unpaired) electrons. The Balaban J connectivity index is 1.55. The number of carbonyl (C=O) groups is 1. The second-order valence-corrected chi connectivity index (χ2v) is 11.7. The van der Waals surface area contributed by atoms with E-state index >= 15 is 0 Å². The molecule has 0 aromatic heterocycles. The number of nitrogens with one attached hydrogen (secondary N) is 1. The van der Waals surface area contributed by atoms with Crippen LogP contribution in [0.3, 0.4) is 0 Å². The van der Waals surface area contributed by atoms with Crippen LogP contribution in [0, 0.1) is 37.5 Å². The monoisotopic (exact) mass is 521 g/mol. The number of likely N-dealkylation sites (tertiary alicyclic amines) is 1. The van der Waals surface area contributed by atoms with Crippen LogP contribution in [0.25, 0.3) is 33.4 Å². The quantitative estimate of drug-likeness (QED) is 0.274. The van der Waals surface area contributed by atoms with Crippen LogP contribution in [0.1, 0.15) is 49.2 Å². The summed E-state index contributed by atoms with van der Waals surface area (Å²) in [7, 11) is 0. The number of hydrogen-bond donors (Lipinski definition) is 1. The molecule has 39 heavy (non-hydrogen) atoms. The van der Waals surface area contributed by atoms with Crippen LogP contribution in [0.4, 0.5) is 5.69 Å². The number of piperidine rings is 1. The highest BCUT2D eigenvalue weighted by Gasteiger charge is 2.57. The summed E-state index contributed by atoms with van der Waals surface area (Å²) in [5, 5.41) is 5.43. The third-order valence-electron chi connectivity index (χ3n) is 8.82. The van der Waals surface area contributed by atoms with Crippen molar-refractivity contribution >= 4 is 22.6 Å². The first-order valence-corrected chi connectivity index (χ1v) is 14.5. The molecule has 2 heterocycles. The van der Waals surface area contributed by atoms with E-state index in [1.807, 2.05) is 31.2 Å². The molecule has 2 aromatic carbocycles. The zero-order chi connectivity index (χ0) is 27.4. The average molecular weight is 522 g/mol. The van der Waals surface area contributed by atoms with Gasteiger partial charge in [0, 0.05) is 66.1 Å². The molecule has 202 valence electrons. The number of anilines is 1. The molecule has 1 N–H and O–H groups in total. The van der Waals surface area contributed by atoms with Crippen LogP contribution >= 0.6 is 0 Å². The molecule has 4 aliphatic rings. The Morgan fingerprint density at radius 1 is 1.03 bits per heavy atom. The first-order valence-electron chi connectivity index (χ1n) is 14.5. The predicted octanol–water partition coefficient (Wildman–Crippen LogP) is 7.15. The third kappa shape index (κ3) is 4.32. The van der Waals surface area contributed by atoms with Crippen molar-refractivity contribution in [1.82, 2.24) is 4.90 Å². The zero-order valence-electron chi connectivity index (χ0n) is 24.0. The van der Waals surface area contributed by atoms with Gasteiger partial charge in [-0.25, -0.2) is 0 Å². The molecule has 2 atom stereocenters. The Kier molecular flexibility index (Phi) is 6.49. The van der Waals surface area contributed by atoms with Gasteiger partial charge in [0.1, 0.15) is 11.3 Å². The van der Waals surface area contributed by atoms with Crippen molar-refractivity contribution in [3.63, 3.8) is 0 Å². The van der Waals surface area contributed by atoms with E-state index in [2.05, 4.69) is 69.1 Å². The van der Waals surface area contributed by atoms with Crippen LogP contribution in [-0.4, -0.2) is 37.0 Å². The summed E-state index contributed by atoms with van der Waals surface area (Å²) >= 11 is 0. The van der Waals surface area contributed by atoms with E-state index in [-0.39, 0.29) is 5.91 Å². The normalized spacial score (nSPS) is 20.7. The van der Waals surface area contributed by atoms with E-state index in [0.29, 0.717) is 24.3 Å². The number of nitrogens with zero attached hydrogens (tertiary/aromatic N) is 2. The van der Waals surface area contributed by atoms with Crippen molar-refractivity contribution in [3.05, 3.63) is 70.6 Å². The van der Waals surface area contributed by atoms with Gasteiger partial charge in [-0.2, -0.15) is 0 Å². The number of benzene rings is 3. The first kappa shape index (κ1) is 25.7. The van der Waals surface area contributed by atoms with Gasteiger partial charge in [0.15, 0.2) is 0 Å². The topological polar surface area (TPSA) is 57.8 Å². The Morgan fingerprint density at radius 2 is 1.77 bits per heavy atom. The highest BCUT2D eigenvalue weighted by Crippen LogP contribution is 2.55. The molecule has 6 rings (SSSR count). The molecule has 1 amide bonds. The fraction of sp³-hybridized carbons (Fsp3) is 0.412. The minimum atomic E-state index is 0.137. The van der Waals surface area contributed by atoms with Gasteiger partial charge in [-0.1, -0.05) is 32.0 Å².